The maximum Gasteiger partial charge on any atom is 0.0577 e. The Morgan fingerprint density at radius 2 is 1.80 bits per heavy atom. The van der Waals surface area contributed by atoms with Crippen molar-refractivity contribution in [1.82, 2.24) is 4.57 Å². The second kappa shape index (κ2) is 6.46. The lowest BCUT2D eigenvalue weighted by Gasteiger charge is -2.62. The van der Waals surface area contributed by atoms with Crippen molar-refractivity contribution in [2.45, 2.75) is 71.0 Å². The van der Waals surface area contributed by atoms with E-state index in [-0.39, 0.29) is 23.0 Å². The molecule has 160 valence electrons. The molecule has 1 heterocycles. The number of aromatic nitrogens is 1. The van der Waals surface area contributed by atoms with Crippen LogP contribution in [0.4, 0.5) is 0 Å². The average molecular weight is 406 g/mol. The van der Waals surface area contributed by atoms with E-state index in [4.69, 9.17) is 0 Å². The van der Waals surface area contributed by atoms with Crippen molar-refractivity contribution >= 4 is 16.6 Å². The lowest BCUT2D eigenvalue weighted by Crippen LogP contribution is -2.58. The van der Waals surface area contributed by atoms with Crippen LogP contribution in [0.5, 0.6) is 0 Å². The van der Waals surface area contributed by atoms with E-state index in [0.29, 0.717) is 23.7 Å². The standard InChI is InChI=1S/C27H35NO2/c1-26-12-9-19(29)15-18(26)16-23(30)25-20-7-8-24(27(20,2)13-10-21(25)26)28-14-11-17-5-3-4-6-22(17)28/h3-6,8,11,14,18-21,23,25,29-30H,7,9-10,12-13,15-16H2,1-2H3/t18-,19+,20?,21?,23?,25?,26-,27-/m0/s1. The number of nitrogens with zero attached hydrogens (tertiary/aromatic N) is 1. The topological polar surface area (TPSA) is 45.4 Å². The largest absolute Gasteiger partial charge is 0.393 e. The van der Waals surface area contributed by atoms with Crippen LogP contribution in [0.25, 0.3) is 16.6 Å². The van der Waals surface area contributed by atoms with Crippen molar-refractivity contribution in [2.24, 2.45) is 34.5 Å². The zero-order chi connectivity index (χ0) is 20.7. The molecule has 0 bridgehead atoms. The normalized spacial score (nSPS) is 45.5. The minimum absolute atomic E-state index is 0.126. The fourth-order valence-electron chi connectivity index (χ4n) is 8.42. The number of hydrogen-bond donors (Lipinski definition) is 2. The molecule has 0 spiro atoms. The van der Waals surface area contributed by atoms with Crippen LogP contribution >= 0.6 is 0 Å². The van der Waals surface area contributed by atoms with Crippen LogP contribution in [0, 0.1) is 34.5 Å². The highest BCUT2D eigenvalue weighted by molar-refractivity contribution is 5.84. The minimum Gasteiger partial charge on any atom is -0.393 e. The van der Waals surface area contributed by atoms with E-state index in [1.54, 1.807) is 0 Å². The Morgan fingerprint density at radius 3 is 2.67 bits per heavy atom. The molecule has 4 aliphatic rings. The second-order valence-electron chi connectivity index (χ2n) is 11.3. The Hall–Kier alpha value is -1.58. The fraction of sp³-hybridized carbons (Fsp3) is 0.630. The van der Waals surface area contributed by atoms with Crippen LogP contribution in [-0.2, 0) is 0 Å². The molecule has 3 saturated carbocycles. The zero-order valence-electron chi connectivity index (χ0n) is 18.3. The molecule has 0 radical (unpaired) electrons. The van der Waals surface area contributed by atoms with Crippen LogP contribution in [0.2, 0.25) is 0 Å². The summed E-state index contributed by atoms with van der Waals surface area (Å²) in [4.78, 5) is 0. The molecule has 6 rings (SSSR count). The molecule has 3 heteroatoms. The maximum atomic E-state index is 11.4. The van der Waals surface area contributed by atoms with Gasteiger partial charge in [0.25, 0.3) is 0 Å². The van der Waals surface area contributed by atoms with Crippen molar-refractivity contribution in [3.05, 3.63) is 42.6 Å². The van der Waals surface area contributed by atoms with Crippen LogP contribution in [-0.4, -0.2) is 27.0 Å². The van der Waals surface area contributed by atoms with Gasteiger partial charge in [-0.25, -0.2) is 0 Å². The minimum atomic E-state index is -0.225. The Balaban J connectivity index is 1.36. The van der Waals surface area contributed by atoms with Gasteiger partial charge in [-0.15, -0.1) is 0 Å². The maximum absolute atomic E-state index is 11.4. The predicted molar refractivity (Wildman–Crippen MR) is 121 cm³/mol. The van der Waals surface area contributed by atoms with Crippen LogP contribution in [0.1, 0.15) is 58.8 Å². The van der Waals surface area contributed by atoms with E-state index in [0.717, 1.165) is 32.1 Å². The lowest BCUT2D eigenvalue weighted by atomic mass is 9.44. The molecule has 4 unspecified atom stereocenters. The van der Waals surface area contributed by atoms with Gasteiger partial charge in [-0.3, -0.25) is 0 Å². The van der Waals surface area contributed by atoms with E-state index >= 15 is 0 Å². The number of fused-ring (bicyclic) bond motifs is 6. The molecular formula is C27H35NO2. The molecule has 3 nitrogen and oxygen atoms in total. The number of hydrogen-bond acceptors (Lipinski definition) is 2. The smallest absolute Gasteiger partial charge is 0.0577 e. The Morgan fingerprint density at radius 1 is 0.967 bits per heavy atom. The number of allylic oxidation sites excluding steroid dienone is 2. The summed E-state index contributed by atoms with van der Waals surface area (Å²) in [6.45, 7) is 4.95. The first-order valence-electron chi connectivity index (χ1n) is 12.0. The number of para-hydroxylation sites is 1. The van der Waals surface area contributed by atoms with Crippen molar-refractivity contribution < 1.29 is 10.2 Å². The third-order valence-corrected chi connectivity index (χ3v) is 10.1. The van der Waals surface area contributed by atoms with E-state index in [1.165, 1.54) is 29.4 Å². The molecule has 0 aliphatic heterocycles. The summed E-state index contributed by atoms with van der Waals surface area (Å²) in [5.74, 6) is 1.97. The first kappa shape index (κ1) is 19.1. The van der Waals surface area contributed by atoms with Gasteiger partial charge < -0.3 is 14.8 Å². The number of rotatable bonds is 1. The van der Waals surface area contributed by atoms with Crippen LogP contribution in [0.15, 0.2) is 42.6 Å². The Kier molecular flexibility index (Phi) is 4.12. The van der Waals surface area contributed by atoms with E-state index in [1.807, 2.05) is 0 Å². The summed E-state index contributed by atoms with van der Waals surface area (Å²) in [6, 6.07) is 10.9. The monoisotopic (exact) mass is 405 g/mol. The van der Waals surface area contributed by atoms with Gasteiger partial charge in [0.15, 0.2) is 0 Å². The number of aliphatic hydroxyl groups is 2. The van der Waals surface area contributed by atoms with Gasteiger partial charge in [0.2, 0.25) is 0 Å². The van der Waals surface area contributed by atoms with Gasteiger partial charge in [0.1, 0.15) is 0 Å². The van der Waals surface area contributed by atoms with Crippen molar-refractivity contribution in [1.29, 1.82) is 0 Å². The molecule has 4 aliphatic carbocycles. The van der Waals surface area contributed by atoms with Crippen molar-refractivity contribution in [2.75, 3.05) is 0 Å². The third kappa shape index (κ3) is 2.45. The van der Waals surface area contributed by atoms with Gasteiger partial charge in [0.05, 0.1) is 17.7 Å². The highest BCUT2D eigenvalue weighted by Crippen LogP contribution is 2.67. The molecule has 30 heavy (non-hydrogen) atoms. The van der Waals surface area contributed by atoms with Gasteiger partial charge >= 0.3 is 0 Å². The van der Waals surface area contributed by atoms with Crippen molar-refractivity contribution in [3.8, 4) is 0 Å². The van der Waals surface area contributed by atoms with E-state index in [2.05, 4.69) is 61.0 Å². The summed E-state index contributed by atoms with van der Waals surface area (Å²) in [7, 11) is 0. The summed E-state index contributed by atoms with van der Waals surface area (Å²) >= 11 is 0. The average Bonchev–Trinajstić information content (AvgIpc) is 3.30. The summed E-state index contributed by atoms with van der Waals surface area (Å²) in [6.07, 6.45) is 11.6. The highest BCUT2D eigenvalue weighted by Gasteiger charge is 2.61. The fourth-order valence-corrected chi connectivity index (χ4v) is 8.42. The van der Waals surface area contributed by atoms with E-state index < -0.39 is 0 Å². The lowest BCUT2D eigenvalue weighted by molar-refractivity contribution is -0.164. The van der Waals surface area contributed by atoms with Gasteiger partial charge in [-0.2, -0.15) is 0 Å². The quantitative estimate of drug-likeness (QED) is 0.661. The highest BCUT2D eigenvalue weighted by atomic mass is 16.3. The van der Waals surface area contributed by atoms with Gasteiger partial charge in [0, 0.05) is 17.3 Å². The zero-order valence-corrected chi connectivity index (χ0v) is 18.3. The summed E-state index contributed by atoms with van der Waals surface area (Å²) in [5.41, 5.74) is 3.16. The molecular weight excluding hydrogens is 370 g/mol. The first-order valence-corrected chi connectivity index (χ1v) is 12.0. The van der Waals surface area contributed by atoms with Crippen molar-refractivity contribution in [3.63, 3.8) is 0 Å². The number of benzene rings is 1. The summed E-state index contributed by atoms with van der Waals surface area (Å²) in [5, 5.41) is 23.0. The molecule has 2 N–H and O–H groups in total. The van der Waals surface area contributed by atoms with Crippen LogP contribution < -0.4 is 0 Å². The molecule has 3 fully saturated rings. The molecule has 0 saturated heterocycles. The number of aliphatic hydroxyl groups excluding tert-OH is 2. The molecule has 1 aromatic heterocycles. The third-order valence-electron chi connectivity index (χ3n) is 10.1. The Bertz CT molecular complexity index is 1010. The Labute approximate surface area is 179 Å². The molecule has 0 amide bonds. The van der Waals surface area contributed by atoms with Gasteiger partial charge in [-0.05, 0) is 91.6 Å². The second-order valence-corrected chi connectivity index (χ2v) is 11.3. The molecule has 2 aromatic rings. The van der Waals surface area contributed by atoms with Gasteiger partial charge in [-0.1, -0.05) is 38.1 Å². The van der Waals surface area contributed by atoms with E-state index in [9.17, 15) is 10.2 Å². The molecule has 8 atom stereocenters. The first-order chi connectivity index (χ1) is 14.4. The summed E-state index contributed by atoms with van der Waals surface area (Å²) < 4.78 is 2.42. The molecule has 1 aromatic carbocycles. The van der Waals surface area contributed by atoms with Crippen LogP contribution in [0.3, 0.4) is 0 Å². The predicted octanol–water partition coefficient (Wildman–Crippen LogP) is 5.47. The SMILES string of the molecule is C[C@]12CCC3C(C(O)C[C@@H]4C[C@H](O)CC[C@]34C)C1CC=C2n1ccc2ccccc21.